The van der Waals surface area contributed by atoms with E-state index in [1.807, 2.05) is 12.3 Å². The number of H-pyrrole nitrogens is 1. The molecule has 132 valence electrons. The van der Waals surface area contributed by atoms with Gasteiger partial charge in [0.05, 0.1) is 18.5 Å². The van der Waals surface area contributed by atoms with Crippen molar-refractivity contribution in [1.82, 2.24) is 15.1 Å². The van der Waals surface area contributed by atoms with Crippen molar-refractivity contribution in [2.45, 2.75) is 31.4 Å². The van der Waals surface area contributed by atoms with Crippen LogP contribution in [0.4, 0.5) is 0 Å². The minimum absolute atomic E-state index is 0.159. The lowest BCUT2D eigenvalue weighted by molar-refractivity contribution is -0.102. The molecule has 0 atom stereocenters. The van der Waals surface area contributed by atoms with Crippen molar-refractivity contribution in [2.75, 3.05) is 32.9 Å². The van der Waals surface area contributed by atoms with Crippen LogP contribution in [0, 0.1) is 0 Å². The van der Waals surface area contributed by atoms with Crippen molar-refractivity contribution in [3.63, 3.8) is 0 Å². The number of fused-ring (bicyclic) bond motifs is 3. The summed E-state index contributed by atoms with van der Waals surface area (Å²) in [5.41, 5.74) is 3.64. The molecule has 1 spiro atoms. The van der Waals surface area contributed by atoms with Gasteiger partial charge in [-0.05, 0) is 42.5 Å². The van der Waals surface area contributed by atoms with Crippen LogP contribution in [0.1, 0.15) is 29.7 Å². The van der Waals surface area contributed by atoms with Crippen LogP contribution in [-0.2, 0) is 23.3 Å². The van der Waals surface area contributed by atoms with Crippen LogP contribution in [0.3, 0.4) is 0 Å². The molecule has 1 fully saturated rings. The molecule has 3 aliphatic rings. The number of benzene rings is 1. The van der Waals surface area contributed by atoms with E-state index in [0.29, 0.717) is 13.2 Å². The molecular weight excluding hydrogens is 318 g/mol. The standard InChI is InChI=1S/C19H23N3O3/c1-2-16-17(24-10-9-23-16)11-14(1)13-22-6-4-19(5-7-22)18-15(3-8-25-19)12-20-21-18/h1-2,11-12H,3-10,13H2,(H,20,21). The van der Waals surface area contributed by atoms with E-state index < -0.39 is 0 Å². The van der Waals surface area contributed by atoms with Crippen molar-refractivity contribution in [2.24, 2.45) is 0 Å². The monoisotopic (exact) mass is 341 g/mol. The largest absolute Gasteiger partial charge is 0.486 e. The summed E-state index contributed by atoms with van der Waals surface area (Å²) in [6.45, 7) is 5.04. The second kappa shape index (κ2) is 6.04. The number of rotatable bonds is 2. The van der Waals surface area contributed by atoms with Gasteiger partial charge in [-0.25, -0.2) is 0 Å². The number of hydrogen-bond acceptors (Lipinski definition) is 5. The first-order chi connectivity index (χ1) is 12.3. The summed E-state index contributed by atoms with van der Waals surface area (Å²) in [7, 11) is 0. The molecule has 6 heteroatoms. The fourth-order valence-electron chi connectivity index (χ4n) is 4.23. The highest BCUT2D eigenvalue weighted by atomic mass is 16.6. The van der Waals surface area contributed by atoms with Gasteiger partial charge in [0, 0.05) is 19.6 Å². The number of nitrogens with zero attached hydrogens (tertiary/aromatic N) is 2. The number of aromatic nitrogens is 2. The molecular formula is C19H23N3O3. The van der Waals surface area contributed by atoms with E-state index in [1.165, 1.54) is 16.8 Å². The number of aromatic amines is 1. The summed E-state index contributed by atoms with van der Waals surface area (Å²) in [5, 5.41) is 7.43. The second-order valence-corrected chi connectivity index (χ2v) is 7.12. The van der Waals surface area contributed by atoms with E-state index in [1.54, 1.807) is 0 Å². The van der Waals surface area contributed by atoms with Crippen LogP contribution < -0.4 is 9.47 Å². The molecule has 0 bridgehead atoms. The number of ether oxygens (including phenoxy) is 3. The number of nitrogens with one attached hydrogen (secondary N) is 1. The van der Waals surface area contributed by atoms with Gasteiger partial charge < -0.3 is 14.2 Å². The molecule has 5 rings (SSSR count). The predicted octanol–water partition coefficient (Wildman–Crippen LogP) is 2.24. The molecule has 1 aromatic heterocycles. The fraction of sp³-hybridized carbons (Fsp3) is 0.526. The number of piperidine rings is 1. The Hall–Kier alpha value is -2.05. The minimum Gasteiger partial charge on any atom is -0.486 e. The van der Waals surface area contributed by atoms with Gasteiger partial charge in [-0.2, -0.15) is 5.10 Å². The lowest BCUT2D eigenvalue weighted by Crippen LogP contribution is -2.46. The van der Waals surface area contributed by atoms with Gasteiger partial charge in [-0.1, -0.05) is 6.07 Å². The lowest BCUT2D eigenvalue weighted by atomic mass is 9.83. The lowest BCUT2D eigenvalue weighted by Gasteiger charge is -2.43. The van der Waals surface area contributed by atoms with Crippen molar-refractivity contribution in [1.29, 1.82) is 0 Å². The zero-order valence-corrected chi connectivity index (χ0v) is 14.3. The van der Waals surface area contributed by atoms with E-state index in [2.05, 4.69) is 27.2 Å². The molecule has 0 aliphatic carbocycles. The molecule has 0 saturated carbocycles. The first-order valence-corrected chi connectivity index (χ1v) is 9.10. The fourth-order valence-corrected chi connectivity index (χ4v) is 4.23. The van der Waals surface area contributed by atoms with Gasteiger partial charge in [0.2, 0.25) is 0 Å². The van der Waals surface area contributed by atoms with Crippen LogP contribution in [0.25, 0.3) is 0 Å². The Balaban J connectivity index is 1.27. The topological polar surface area (TPSA) is 59.6 Å². The Kier molecular flexibility index (Phi) is 3.68. The summed E-state index contributed by atoms with van der Waals surface area (Å²) in [5.74, 6) is 1.73. The summed E-state index contributed by atoms with van der Waals surface area (Å²) >= 11 is 0. The maximum atomic E-state index is 6.23. The smallest absolute Gasteiger partial charge is 0.161 e. The first kappa shape index (κ1) is 15.2. The third-order valence-electron chi connectivity index (χ3n) is 5.60. The number of likely N-dealkylation sites (tertiary alicyclic amines) is 1. The average molecular weight is 341 g/mol. The van der Waals surface area contributed by atoms with Crippen molar-refractivity contribution in [3.05, 3.63) is 41.2 Å². The molecule has 4 heterocycles. The van der Waals surface area contributed by atoms with Crippen LogP contribution in [0.15, 0.2) is 24.4 Å². The summed E-state index contributed by atoms with van der Waals surface area (Å²) in [6, 6.07) is 6.28. The molecule has 2 aromatic rings. The van der Waals surface area contributed by atoms with Crippen molar-refractivity contribution < 1.29 is 14.2 Å². The van der Waals surface area contributed by atoms with E-state index in [9.17, 15) is 0 Å². The third kappa shape index (κ3) is 2.69. The third-order valence-corrected chi connectivity index (χ3v) is 5.60. The quantitative estimate of drug-likeness (QED) is 0.908. The first-order valence-electron chi connectivity index (χ1n) is 9.10. The maximum absolute atomic E-state index is 6.23. The summed E-state index contributed by atoms with van der Waals surface area (Å²) in [6.07, 6.45) is 4.94. The van der Waals surface area contributed by atoms with Crippen LogP contribution in [0.5, 0.6) is 11.5 Å². The zero-order chi connectivity index (χ0) is 16.7. The average Bonchev–Trinajstić information content (AvgIpc) is 3.14. The predicted molar refractivity (Wildman–Crippen MR) is 91.9 cm³/mol. The van der Waals surface area contributed by atoms with E-state index >= 15 is 0 Å². The summed E-state index contributed by atoms with van der Waals surface area (Å²) in [4.78, 5) is 2.49. The molecule has 1 aromatic carbocycles. The summed E-state index contributed by atoms with van der Waals surface area (Å²) < 4.78 is 17.5. The Morgan fingerprint density at radius 1 is 1.08 bits per heavy atom. The highest BCUT2D eigenvalue weighted by molar-refractivity contribution is 5.43. The Morgan fingerprint density at radius 2 is 1.92 bits per heavy atom. The Bertz CT molecular complexity index is 765. The van der Waals surface area contributed by atoms with Crippen molar-refractivity contribution in [3.8, 4) is 11.5 Å². The van der Waals surface area contributed by atoms with Gasteiger partial charge in [-0.3, -0.25) is 10.00 Å². The number of hydrogen-bond donors (Lipinski definition) is 1. The van der Waals surface area contributed by atoms with Gasteiger partial charge in [0.25, 0.3) is 0 Å². The molecule has 0 amide bonds. The van der Waals surface area contributed by atoms with Crippen LogP contribution in [-0.4, -0.2) is 48.0 Å². The van der Waals surface area contributed by atoms with Gasteiger partial charge >= 0.3 is 0 Å². The highest BCUT2D eigenvalue weighted by Crippen LogP contribution is 2.40. The minimum atomic E-state index is -0.159. The van der Waals surface area contributed by atoms with Gasteiger partial charge in [0.15, 0.2) is 11.5 Å². The van der Waals surface area contributed by atoms with Crippen LogP contribution >= 0.6 is 0 Å². The Labute approximate surface area is 147 Å². The van der Waals surface area contributed by atoms with E-state index in [4.69, 9.17) is 14.2 Å². The Morgan fingerprint density at radius 3 is 2.80 bits per heavy atom. The molecule has 25 heavy (non-hydrogen) atoms. The van der Waals surface area contributed by atoms with Crippen LogP contribution in [0.2, 0.25) is 0 Å². The highest BCUT2D eigenvalue weighted by Gasteiger charge is 2.42. The van der Waals surface area contributed by atoms with Gasteiger partial charge in [0.1, 0.15) is 18.8 Å². The zero-order valence-electron chi connectivity index (χ0n) is 14.3. The molecule has 0 radical (unpaired) electrons. The van der Waals surface area contributed by atoms with E-state index in [0.717, 1.165) is 57.0 Å². The van der Waals surface area contributed by atoms with E-state index in [-0.39, 0.29) is 5.60 Å². The van der Waals surface area contributed by atoms with Gasteiger partial charge in [-0.15, -0.1) is 0 Å². The molecule has 1 N–H and O–H groups in total. The molecule has 1 saturated heterocycles. The van der Waals surface area contributed by atoms with Crippen molar-refractivity contribution >= 4 is 0 Å². The maximum Gasteiger partial charge on any atom is 0.161 e. The molecule has 0 unspecified atom stereocenters. The molecule has 3 aliphatic heterocycles. The second-order valence-electron chi connectivity index (χ2n) is 7.12. The normalized spacial score (nSPS) is 21.9. The SMILES string of the molecule is c1cc2c(cc1CN1CCC3(CC1)OCCc1cn[nH]c13)OCCO2. The molecule has 6 nitrogen and oxygen atoms in total.